The maximum Gasteiger partial charge on any atom is 0.410 e. The molecule has 0 radical (unpaired) electrons. The minimum atomic E-state index is -0.431. The van der Waals surface area contributed by atoms with E-state index >= 15 is 0 Å². The number of likely N-dealkylation sites (tertiary alicyclic amines) is 1. The summed E-state index contributed by atoms with van der Waals surface area (Å²) in [4.78, 5) is 14.0. The average molecular weight is 254 g/mol. The summed E-state index contributed by atoms with van der Waals surface area (Å²) in [5.74, 6) is 0.551. The first-order chi connectivity index (χ1) is 8.38. The Balaban J connectivity index is 1.71. The maximum absolute atomic E-state index is 12.1. The number of rotatable bonds is 0. The number of fused-ring (bicyclic) bond motifs is 1. The number of nitrogens with one attached hydrogen (secondary N) is 1. The van der Waals surface area contributed by atoms with Crippen LogP contribution in [0.25, 0.3) is 0 Å². The number of carbonyl (C=O) groups excluding carboxylic acids is 1. The normalized spacial score (nSPS) is 38.7. The molecule has 2 bridgehead atoms. The summed E-state index contributed by atoms with van der Waals surface area (Å²) >= 11 is 0. The second kappa shape index (κ2) is 3.84. The fourth-order valence-electron chi connectivity index (χ4n) is 3.35. The van der Waals surface area contributed by atoms with E-state index < -0.39 is 5.60 Å². The van der Waals surface area contributed by atoms with Crippen molar-refractivity contribution in [3.05, 3.63) is 0 Å². The molecule has 3 heterocycles. The molecule has 3 unspecified atom stereocenters. The molecule has 1 amide bonds. The van der Waals surface area contributed by atoms with Gasteiger partial charge in [-0.2, -0.15) is 0 Å². The summed E-state index contributed by atoms with van der Waals surface area (Å²) in [5.41, 5.74) is -0.584. The molecule has 0 aromatic rings. The van der Waals surface area contributed by atoms with Crippen molar-refractivity contribution in [3.63, 3.8) is 0 Å². The second-order valence-corrected chi connectivity index (χ2v) is 6.73. The standard InChI is InChI=1S/C13H22N2O3/c1-12(2,3)18-11(16)15-6-10-4-9-5-14-7-13(9,8-15)17-10/h9-10,14H,4-8H2,1-3H3. The summed E-state index contributed by atoms with van der Waals surface area (Å²) in [6, 6.07) is 0. The lowest BCUT2D eigenvalue weighted by molar-refractivity contribution is -0.107. The summed E-state index contributed by atoms with van der Waals surface area (Å²) in [5, 5.41) is 3.37. The van der Waals surface area contributed by atoms with Gasteiger partial charge in [-0.3, -0.25) is 0 Å². The molecule has 0 aliphatic carbocycles. The van der Waals surface area contributed by atoms with Crippen LogP contribution < -0.4 is 5.32 Å². The van der Waals surface area contributed by atoms with Crippen molar-refractivity contribution in [2.45, 2.75) is 44.5 Å². The number of ether oxygens (including phenoxy) is 2. The molecule has 0 aromatic heterocycles. The monoisotopic (exact) mass is 254 g/mol. The third-order valence-electron chi connectivity index (χ3n) is 4.04. The molecule has 3 aliphatic rings. The SMILES string of the molecule is CC(C)(C)OC(=O)N1CC2CC3CNCC3(C1)O2. The molecule has 0 aromatic carbocycles. The molecule has 0 saturated carbocycles. The van der Waals surface area contributed by atoms with Crippen LogP contribution in [0.15, 0.2) is 0 Å². The Hall–Kier alpha value is -0.810. The van der Waals surface area contributed by atoms with Gasteiger partial charge >= 0.3 is 6.09 Å². The zero-order valence-corrected chi connectivity index (χ0v) is 11.4. The van der Waals surface area contributed by atoms with Gasteiger partial charge < -0.3 is 19.7 Å². The number of hydrogen-bond donors (Lipinski definition) is 1. The Morgan fingerprint density at radius 2 is 2.28 bits per heavy atom. The van der Waals surface area contributed by atoms with E-state index in [1.54, 1.807) is 0 Å². The lowest BCUT2D eigenvalue weighted by atomic mass is 9.91. The molecule has 5 nitrogen and oxygen atoms in total. The highest BCUT2D eigenvalue weighted by Crippen LogP contribution is 2.43. The lowest BCUT2D eigenvalue weighted by Gasteiger charge is -2.40. The molecule has 5 heteroatoms. The Bertz CT molecular complexity index is 366. The Kier molecular flexibility index (Phi) is 2.61. The molecule has 3 rings (SSSR count). The first-order valence-electron chi connectivity index (χ1n) is 6.74. The van der Waals surface area contributed by atoms with Gasteiger partial charge in [0, 0.05) is 19.0 Å². The second-order valence-electron chi connectivity index (χ2n) is 6.73. The van der Waals surface area contributed by atoms with Crippen LogP contribution in [0.5, 0.6) is 0 Å². The van der Waals surface area contributed by atoms with Gasteiger partial charge in [0.05, 0.1) is 19.2 Å². The van der Waals surface area contributed by atoms with E-state index in [1.807, 2.05) is 25.7 Å². The average Bonchev–Trinajstić information content (AvgIpc) is 2.67. The van der Waals surface area contributed by atoms with Crippen molar-refractivity contribution < 1.29 is 14.3 Å². The molecular weight excluding hydrogens is 232 g/mol. The molecule has 18 heavy (non-hydrogen) atoms. The summed E-state index contributed by atoms with van der Waals surface area (Å²) < 4.78 is 11.6. The van der Waals surface area contributed by atoms with Gasteiger partial charge in [0.15, 0.2) is 0 Å². The molecule has 1 spiro atoms. The van der Waals surface area contributed by atoms with Crippen molar-refractivity contribution in [3.8, 4) is 0 Å². The maximum atomic E-state index is 12.1. The first-order valence-corrected chi connectivity index (χ1v) is 6.74. The molecular formula is C13H22N2O3. The van der Waals surface area contributed by atoms with Gasteiger partial charge in [-0.25, -0.2) is 4.79 Å². The van der Waals surface area contributed by atoms with Gasteiger partial charge in [0.2, 0.25) is 0 Å². The van der Waals surface area contributed by atoms with E-state index in [0.29, 0.717) is 19.0 Å². The lowest BCUT2D eigenvalue weighted by Crippen LogP contribution is -2.56. The van der Waals surface area contributed by atoms with Crippen LogP contribution in [0.3, 0.4) is 0 Å². The van der Waals surface area contributed by atoms with E-state index in [2.05, 4.69) is 5.32 Å². The molecule has 3 atom stereocenters. The molecule has 3 saturated heterocycles. The third kappa shape index (κ3) is 1.99. The highest BCUT2D eigenvalue weighted by atomic mass is 16.6. The quantitative estimate of drug-likeness (QED) is 0.700. The van der Waals surface area contributed by atoms with Gasteiger partial charge in [-0.1, -0.05) is 0 Å². The Morgan fingerprint density at radius 3 is 3.00 bits per heavy atom. The molecule has 3 aliphatic heterocycles. The molecule has 1 N–H and O–H groups in total. The number of morpholine rings is 1. The number of hydrogen-bond acceptors (Lipinski definition) is 4. The summed E-state index contributed by atoms with van der Waals surface area (Å²) in [7, 11) is 0. The van der Waals surface area contributed by atoms with Crippen molar-refractivity contribution in [1.29, 1.82) is 0 Å². The third-order valence-corrected chi connectivity index (χ3v) is 4.04. The van der Waals surface area contributed by atoms with E-state index in [1.165, 1.54) is 0 Å². The minimum absolute atomic E-state index is 0.153. The van der Waals surface area contributed by atoms with E-state index in [0.717, 1.165) is 19.5 Å². The van der Waals surface area contributed by atoms with E-state index in [9.17, 15) is 4.79 Å². The van der Waals surface area contributed by atoms with Crippen LogP contribution in [0.2, 0.25) is 0 Å². The topological polar surface area (TPSA) is 50.8 Å². The van der Waals surface area contributed by atoms with Crippen molar-refractivity contribution in [2.24, 2.45) is 5.92 Å². The van der Waals surface area contributed by atoms with Gasteiger partial charge in [-0.15, -0.1) is 0 Å². The van der Waals surface area contributed by atoms with E-state index in [-0.39, 0.29) is 17.8 Å². The number of carbonyl (C=O) groups is 1. The highest BCUT2D eigenvalue weighted by Gasteiger charge is 2.56. The smallest absolute Gasteiger partial charge is 0.410 e. The van der Waals surface area contributed by atoms with Gasteiger partial charge in [0.1, 0.15) is 11.2 Å². The number of nitrogens with zero attached hydrogens (tertiary/aromatic N) is 1. The van der Waals surface area contributed by atoms with Crippen molar-refractivity contribution >= 4 is 6.09 Å². The molecule has 102 valence electrons. The van der Waals surface area contributed by atoms with E-state index in [4.69, 9.17) is 9.47 Å². The predicted octanol–water partition coefficient (Wildman–Crippen LogP) is 0.984. The van der Waals surface area contributed by atoms with Crippen LogP contribution >= 0.6 is 0 Å². The van der Waals surface area contributed by atoms with Crippen LogP contribution in [0.4, 0.5) is 4.79 Å². The minimum Gasteiger partial charge on any atom is -0.444 e. The Labute approximate surface area is 108 Å². The summed E-state index contributed by atoms with van der Waals surface area (Å²) in [6.45, 7) is 8.91. The summed E-state index contributed by atoms with van der Waals surface area (Å²) in [6.07, 6.45) is 1.05. The Morgan fingerprint density at radius 1 is 1.50 bits per heavy atom. The predicted molar refractivity (Wildman–Crippen MR) is 66.4 cm³/mol. The van der Waals surface area contributed by atoms with Crippen LogP contribution in [0.1, 0.15) is 27.2 Å². The van der Waals surface area contributed by atoms with Crippen molar-refractivity contribution in [1.82, 2.24) is 10.2 Å². The fraction of sp³-hybridized carbons (Fsp3) is 0.923. The largest absolute Gasteiger partial charge is 0.444 e. The number of amides is 1. The molecule has 3 fully saturated rings. The van der Waals surface area contributed by atoms with Crippen LogP contribution in [-0.4, -0.2) is 54.5 Å². The zero-order chi connectivity index (χ0) is 13.0. The van der Waals surface area contributed by atoms with Crippen LogP contribution in [0, 0.1) is 5.92 Å². The van der Waals surface area contributed by atoms with Crippen molar-refractivity contribution in [2.75, 3.05) is 26.2 Å². The van der Waals surface area contributed by atoms with Crippen LogP contribution in [-0.2, 0) is 9.47 Å². The van der Waals surface area contributed by atoms with Gasteiger partial charge in [-0.05, 0) is 27.2 Å². The highest BCUT2D eigenvalue weighted by molar-refractivity contribution is 5.68. The van der Waals surface area contributed by atoms with Gasteiger partial charge in [0.25, 0.3) is 0 Å². The fourth-order valence-corrected chi connectivity index (χ4v) is 3.35. The zero-order valence-electron chi connectivity index (χ0n) is 11.4. The first kappa shape index (κ1) is 12.2.